The Balaban J connectivity index is 1.77. The summed E-state index contributed by atoms with van der Waals surface area (Å²) in [6, 6.07) is 6.06. The Morgan fingerprint density at radius 1 is 1.18 bits per heavy atom. The smallest absolute Gasteiger partial charge is 0.139 e. The molecule has 4 rings (SSSR count). The minimum absolute atomic E-state index is 0.194. The Morgan fingerprint density at radius 3 is 2.73 bits per heavy atom. The molecule has 22 heavy (non-hydrogen) atoms. The number of ether oxygens (including phenoxy) is 1. The minimum atomic E-state index is -0.755. The summed E-state index contributed by atoms with van der Waals surface area (Å²) in [6.07, 6.45) is 5.12. The van der Waals surface area contributed by atoms with Gasteiger partial charge >= 0.3 is 0 Å². The van der Waals surface area contributed by atoms with Gasteiger partial charge in [0.25, 0.3) is 0 Å². The monoisotopic (exact) mass is 300 g/mol. The van der Waals surface area contributed by atoms with E-state index in [1.165, 1.54) is 5.56 Å². The third kappa shape index (κ3) is 1.69. The van der Waals surface area contributed by atoms with Crippen LogP contribution in [0.3, 0.4) is 0 Å². The van der Waals surface area contributed by atoms with Crippen molar-refractivity contribution in [3.63, 3.8) is 0 Å². The minimum Gasteiger partial charge on any atom is -0.497 e. The largest absolute Gasteiger partial charge is 0.497 e. The molecule has 0 heterocycles. The number of hydrogen-bond acceptors (Lipinski definition) is 3. The zero-order chi connectivity index (χ0) is 15.5. The molecule has 0 aliphatic heterocycles. The molecule has 1 aromatic carbocycles. The van der Waals surface area contributed by atoms with Gasteiger partial charge in [0.1, 0.15) is 11.5 Å². The SMILES string of the molecule is COc1ccc2c(c1)CC[C@H]1[C@@H]3CCC(=O)[C@@]3(C)CC[C@]21O. The first kappa shape index (κ1) is 14.3. The summed E-state index contributed by atoms with van der Waals surface area (Å²) in [4.78, 5) is 12.3. The van der Waals surface area contributed by atoms with Crippen molar-refractivity contribution in [1.29, 1.82) is 0 Å². The summed E-state index contributed by atoms with van der Waals surface area (Å²) in [5.41, 5.74) is 1.34. The predicted molar refractivity (Wildman–Crippen MR) is 83.8 cm³/mol. The summed E-state index contributed by atoms with van der Waals surface area (Å²) < 4.78 is 5.32. The van der Waals surface area contributed by atoms with Crippen LogP contribution in [-0.2, 0) is 16.8 Å². The molecule has 3 aliphatic rings. The highest BCUT2D eigenvalue weighted by molar-refractivity contribution is 5.87. The molecule has 0 bridgehead atoms. The lowest BCUT2D eigenvalue weighted by molar-refractivity contribution is -0.146. The number of ketones is 1. The maximum Gasteiger partial charge on any atom is 0.139 e. The first-order valence-corrected chi connectivity index (χ1v) is 8.42. The second kappa shape index (κ2) is 4.58. The third-order valence-corrected chi connectivity index (χ3v) is 6.77. The highest BCUT2D eigenvalue weighted by Gasteiger charge is 2.59. The van der Waals surface area contributed by atoms with Gasteiger partial charge in [0.05, 0.1) is 12.7 Å². The Morgan fingerprint density at radius 2 is 1.95 bits per heavy atom. The lowest BCUT2D eigenvalue weighted by Gasteiger charge is -2.53. The van der Waals surface area contributed by atoms with Gasteiger partial charge in [0.2, 0.25) is 0 Å². The molecule has 0 aromatic heterocycles. The summed E-state index contributed by atoms with van der Waals surface area (Å²) >= 11 is 0. The molecule has 0 spiro atoms. The van der Waals surface area contributed by atoms with Gasteiger partial charge in [-0.1, -0.05) is 13.0 Å². The van der Waals surface area contributed by atoms with Crippen LogP contribution in [0.4, 0.5) is 0 Å². The number of benzene rings is 1. The Hall–Kier alpha value is -1.35. The quantitative estimate of drug-likeness (QED) is 0.866. The van der Waals surface area contributed by atoms with E-state index in [-0.39, 0.29) is 11.3 Å². The van der Waals surface area contributed by atoms with Gasteiger partial charge in [-0.3, -0.25) is 4.79 Å². The molecule has 0 unspecified atom stereocenters. The third-order valence-electron chi connectivity index (χ3n) is 6.77. The summed E-state index contributed by atoms with van der Waals surface area (Å²) in [6.45, 7) is 2.14. The van der Waals surface area contributed by atoms with Gasteiger partial charge in [0.15, 0.2) is 0 Å². The lowest BCUT2D eigenvalue weighted by atomic mass is 9.53. The van der Waals surface area contributed by atoms with Crippen molar-refractivity contribution in [3.8, 4) is 5.75 Å². The normalized spacial score (nSPS) is 39.9. The molecular formula is C19H24O3. The summed E-state index contributed by atoms with van der Waals surface area (Å²) in [5, 5.41) is 11.5. The Bertz CT molecular complexity index is 638. The number of Topliss-reactive ketones (excluding diaryl/α,β-unsaturated/α-hetero) is 1. The standard InChI is InChI=1S/C19H24O3/c1-18-9-10-19(21)14-6-4-13(22-2)11-12(14)3-5-16(19)15(18)7-8-17(18)20/h4,6,11,15-16,21H,3,5,7-10H2,1-2H3/t15-,16-,18-,19-/m0/s1. The molecule has 4 atom stereocenters. The maximum atomic E-state index is 12.3. The van der Waals surface area contributed by atoms with E-state index in [0.29, 0.717) is 24.5 Å². The predicted octanol–water partition coefficient (Wildman–Crippen LogP) is 3.22. The Kier molecular flexibility index (Phi) is 2.96. The van der Waals surface area contributed by atoms with Gasteiger partial charge in [-0.05, 0) is 67.2 Å². The van der Waals surface area contributed by atoms with E-state index in [9.17, 15) is 9.90 Å². The van der Waals surface area contributed by atoms with Gasteiger partial charge in [0, 0.05) is 11.8 Å². The van der Waals surface area contributed by atoms with Crippen LogP contribution in [0.25, 0.3) is 0 Å². The van der Waals surface area contributed by atoms with E-state index >= 15 is 0 Å². The molecule has 3 aliphatic carbocycles. The van der Waals surface area contributed by atoms with E-state index in [1.807, 2.05) is 12.1 Å². The van der Waals surface area contributed by atoms with Crippen molar-refractivity contribution in [2.75, 3.05) is 7.11 Å². The van der Waals surface area contributed by atoms with Crippen LogP contribution in [0.5, 0.6) is 5.75 Å². The van der Waals surface area contributed by atoms with Gasteiger partial charge < -0.3 is 9.84 Å². The number of aryl methyl sites for hydroxylation is 1. The van der Waals surface area contributed by atoms with Crippen LogP contribution in [-0.4, -0.2) is 18.0 Å². The summed E-state index contributed by atoms with van der Waals surface area (Å²) in [5.74, 6) is 1.84. The van der Waals surface area contributed by atoms with E-state index in [0.717, 1.165) is 37.0 Å². The zero-order valence-corrected chi connectivity index (χ0v) is 13.4. The first-order valence-electron chi connectivity index (χ1n) is 8.42. The fourth-order valence-electron chi connectivity index (χ4n) is 5.45. The molecule has 3 nitrogen and oxygen atoms in total. The molecule has 3 heteroatoms. The van der Waals surface area contributed by atoms with Crippen molar-refractivity contribution in [1.82, 2.24) is 0 Å². The van der Waals surface area contributed by atoms with Crippen molar-refractivity contribution in [3.05, 3.63) is 29.3 Å². The molecule has 0 saturated heterocycles. The fourth-order valence-corrected chi connectivity index (χ4v) is 5.45. The second-order valence-electron chi connectivity index (χ2n) is 7.58. The number of carbonyl (C=O) groups excluding carboxylic acids is 1. The summed E-state index contributed by atoms with van der Waals surface area (Å²) in [7, 11) is 1.68. The molecule has 118 valence electrons. The second-order valence-corrected chi connectivity index (χ2v) is 7.58. The number of rotatable bonds is 1. The van der Waals surface area contributed by atoms with E-state index in [1.54, 1.807) is 7.11 Å². The van der Waals surface area contributed by atoms with Crippen LogP contribution in [0, 0.1) is 17.3 Å². The van der Waals surface area contributed by atoms with Gasteiger partial charge in [-0.2, -0.15) is 0 Å². The molecular weight excluding hydrogens is 276 g/mol. The van der Waals surface area contributed by atoms with Crippen LogP contribution in [0.1, 0.15) is 50.2 Å². The highest BCUT2D eigenvalue weighted by atomic mass is 16.5. The Labute approximate surface area is 131 Å². The van der Waals surface area contributed by atoms with Gasteiger partial charge in [-0.15, -0.1) is 0 Å². The zero-order valence-electron chi connectivity index (χ0n) is 13.4. The highest BCUT2D eigenvalue weighted by Crippen LogP contribution is 2.61. The van der Waals surface area contributed by atoms with Crippen molar-refractivity contribution >= 4 is 5.78 Å². The topological polar surface area (TPSA) is 46.5 Å². The lowest BCUT2D eigenvalue weighted by Crippen LogP contribution is -2.52. The van der Waals surface area contributed by atoms with E-state index < -0.39 is 5.60 Å². The van der Waals surface area contributed by atoms with E-state index in [4.69, 9.17) is 4.74 Å². The number of hydrogen-bond donors (Lipinski definition) is 1. The maximum absolute atomic E-state index is 12.3. The van der Waals surface area contributed by atoms with Crippen molar-refractivity contribution in [2.24, 2.45) is 17.3 Å². The van der Waals surface area contributed by atoms with Crippen LogP contribution < -0.4 is 4.74 Å². The first-order chi connectivity index (χ1) is 10.5. The average molecular weight is 300 g/mol. The average Bonchev–Trinajstić information content (AvgIpc) is 2.82. The molecule has 1 N–H and O–H groups in total. The number of carbonyl (C=O) groups is 1. The van der Waals surface area contributed by atoms with Crippen molar-refractivity contribution in [2.45, 2.75) is 51.0 Å². The molecule has 0 radical (unpaired) electrons. The van der Waals surface area contributed by atoms with Gasteiger partial charge in [-0.25, -0.2) is 0 Å². The van der Waals surface area contributed by atoms with Crippen LogP contribution in [0.15, 0.2) is 18.2 Å². The molecule has 2 fully saturated rings. The molecule has 1 aromatic rings. The van der Waals surface area contributed by atoms with E-state index in [2.05, 4.69) is 13.0 Å². The number of aliphatic hydroxyl groups is 1. The van der Waals surface area contributed by atoms with Crippen LogP contribution >= 0.6 is 0 Å². The molecule has 0 amide bonds. The number of methoxy groups -OCH3 is 1. The van der Waals surface area contributed by atoms with Crippen LogP contribution in [0.2, 0.25) is 0 Å². The van der Waals surface area contributed by atoms with Crippen molar-refractivity contribution < 1.29 is 14.6 Å². The fraction of sp³-hybridized carbons (Fsp3) is 0.632. The molecule has 2 saturated carbocycles. The number of fused-ring (bicyclic) bond motifs is 5.